The van der Waals surface area contributed by atoms with Crippen LogP contribution in [0.1, 0.15) is 25.7 Å². The molecule has 2 aromatic carbocycles. The molecular weight excluding hydrogens is 556 g/mol. The third kappa shape index (κ3) is 9.05. The topological polar surface area (TPSA) is 51.2 Å². The molecule has 3 rings (SSSR count). The molecule has 3 unspecified atom stereocenters. The van der Waals surface area contributed by atoms with Gasteiger partial charge in [-0.05, 0) is 49.9 Å². The Balaban J connectivity index is 1.85. The van der Waals surface area contributed by atoms with Crippen LogP contribution in [0.3, 0.4) is 0 Å². The van der Waals surface area contributed by atoms with Gasteiger partial charge in [-0.15, -0.1) is 13.2 Å². The van der Waals surface area contributed by atoms with Crippen molar-refractivity contribution < 1.29 is 63.2 Å². The maximum atomic E-state index is 13.5. The molecule has 5 nitrogen and oxygen atoms in total. The molecular formula is C24H23F10NO4. The summed E-state index contributed by atoms with van der Waals surface area (Å²) in [6, 6.07) is 8.83. The van der Waals surface area contributed by atoms with E-state index in [1.165, 1.54) is 36.4 Å². The van der Waals surface area contributed by atoms with Gasteiger partial charge in [0.05, 0.1) is 12.6 Å². The highest BCUT2D eigenvalue weighted by Gasteiger charge is 2.46. The Morgan fingerprint density at radius 1 is 0.872 bits per heavy atom. The third-order valence-electron chi connectivity index (χ3n) is 5.79. The third-order valence-corrected chi connectivity index (χ3v) is 5.79. The summed E-state index contributed by atoms with van der Waals surface area (Å²) >= 11 is 0. The summed E-state index contributed by atoms with van der Waals surface area (Å²) in [5.74, 6) is -0.702. The predicted octanol–water partition coefficient (Wildman–Crippen LogP) is 7.29. The number of aliphatic hydroxyl groups excluding tert-OH is 1. The number of hydrogen-bond acceptors (Lipinski definition) is 5. The van der Waals surface area contributed by atoms with Gasteiger partial charge in [0.15, 0.2) is 6.10 Å². The molecule has 0 aromatic heterocycles. The maximum absolute atomic E-state index is 13.5. The van der Waals surface area contributed by atoms with E-state index >= 15 is 0 Å². The van der Waals surface area contributed by atoms with E-state index in [4.69, 9.17) is 4.74 Å². The van der Waals surface area contributed by atoms with Gasteiger partial charge in [-0.3, -0.25) is 0 Å². The Kier molecular flexibility index (Phi) is 9.47. The summed E-state index contributed by atoms with van der Waals surface area (Å²) in [5.41, 5.74) is 0.0461. The highest BCUT2D eigenvalue weighted by molar-refractivity contribution is 5.53. The second kappa shape index (κ2) is 12.1. The van der Waals surface area contributed by atoms with Crippen molar-refractivity contribution in [1.82, 2.24) is 0 Å². The van der Waals surface area contributed by atoms with Crippen LogP contribution in [0.2, 0.25) is 0 Å². The van der Waals surface area contributed by atoms with Crippen LogP contribution < -0.4 is 14.4 Å². The first kappa shape index (κ1) is 30.6. The van der Waals surface area contributed by atoms with Gasteiger partial charge in [0.1, 0.15) is 17.2 Å². The van der Waals surface area contributed by atoms with Crippen molar-refractivity contribution in [3.8, 4) is 17.2 Å². The van der Waals surface area contributed by atoms with E-state index in [1.54, 1.807) is 0 Å². The number of anilines is 1. The van der Waals surface area contributed by atoms with Crippen molar-refractivity contribution in [3.05, 3.63) is 48.5 Å². The van der Waals surface area contributed by atoms with Crippen molar-refractivity contribution >= 4 is 5.69 Å². The Bertz CT molecular complexity index is 1080. The van der Waals surface area contributed by atoms with Crippen LogP contribution in [-0.2, 0) is 4.74 Å². The number of hydrogen-bond donors (Lipinski definition) is 1. The lowest BCUT2D eigenvalue weighted by Crippen LogP contribution is -2.49. The number of benzene rings is 2. The van der Waals surface area contributed by atoms with Crippen LogP contribution in [0.15, 0.2) is 48.5 Å². The van der Waals surface area contributed by atoms with Crippen LogP contribution in [0.4, 0.5) is 49.6 Å². The van der Waals surface area contributed by atoms with Crippen molar-refractivity contribution in [2.24, 2.45) is 0 Å². The van der Waals surface area contributed by atoms with Crippen LogP contribution in [0, 0.1) is 0 Å². The molecule has 0 radical (unpaired) electrons. The lowest BCUT2D eigenvalue weighted by atomic mass is 9.91. The molecule has 218 valence electrons. The fraction of sp³-hybridized carbons (Fsp3) is 0.500. The number of aliphatic hydroxyl groups is 1. The lowest BCUT2D eigenvalue weighted by molar-refractivity contribution is -0.321. The number of rotatable bonds is 10. The van der Waals surface area contributed by atoms with Crippen LogP contribution in [0.5, 0.6) is 17.2 Å². The molecule has 3 atom stereocenters. The number of halogens is 10. The molecule has 2 aromatic rings. The normalized spacial score (nSPS) is 19.6. The molecule has 15 heteroatoms. The van der Waals surface area contributed by atoms with E-state index in [-0.39, 0.29) is 42.9 Å². The minimum Gasteiger partial charge on any atom is -0.457 e. The van der Waals surface area contributed by atoms with E-state index in [1.807, 2.05) is 0 Å². The first-order chi connectivity index (χ1) is 18.0. The van der Waals surface area contributed by atoms with Crippen molar-refractivity contribution in [1.29, 1.82) is 0 Å². The van der Waals surface area contributed by atoms with Crippen LogP contribution >= 0.6 is 0 Å². The smallest absolute Gasteiger partial charge is 0.457 e. The summed E-state index contributed by atoms with van der Waals surface area (Å²) < 4.78 is 143. The van der Waals surface area contributed by atoms with E-state index < -0.39 is 55.6 Å². The molecule has 0 aliphatic heterocycles. The van der Waals surface area contributed by atoms with Crippen molar-refractivity contribution in [3.63, 3.8) is 0 Å². The predicted molar refractivity (Wildman–Crippen MR) is 117 cm³/mol. The molecule has 1 aliphatic carbocycles. The van der Waals surface area contributed by atoms with E-state index in [0.29, 0.717) is 0 Å². The Labute approximate surface area is 215 Å². The summed E-state index contributed by atoms with van der Waals surface area (Å²) in [7, 11) is 0. The fourth-order valence-corrected chi connectivity index (χ4v) is 4.14. The SMILES string of the molecule is OC(CN(c1cccc(Oc2cccc(OC(F)(F)F)c2)c1)C1CCCC(OC(F)(F)C(F)F)C1)C(F)(F)F. The quantitative estimate of drug-likeness (QED) is 0.300. The Morgan fingerprint density at radius 2 is 1.49 bits per heavy atom. The summed E-state index contributed by atoms with van der Waals surface area (Å²) in [6.45, 7) is -1.02. The Morgan fingerprint density at radius 3 is 2.10 bits per heavy atom. The first-order valence-electron chi connectivity index (χ1n) is 11.5. The summed E-state index contributed by atoms with van der Waals surface area (Å²) in [4.78, 5) is 1.09. The number of ether oxygens (including phenoxy) is 3. The monoisotopic (exact) mass is 579 g/mol. The van der Waals surface area contributed by atoms with Gasteiger partial charge in [0.2, 0.25) is 0 Å². The molecule has 0 bridgehead atoms. The first-order valence-corrected chi connectivity index (χ1v) is 11.5. The zero-order chi connectivity index (χ0) is 29.0. The van der Waals surface area contributed by atoms with E-state index in [2.05, 4.69) is 9.47 Å². The molecule has 1 saturated carbocycles. The Hall–Kier alpha value is -2.94. The molecule has 1 fully saturated rings. The van der Waals surface area contributed by atoms with Gasteiger partial charge in [-0.2, -0.15) is 22.0 Å². The molecule has 0 spiro atoms. The average molecular weight is 579 g/mol. The molecule has 39 heavy (non-hydrogen) atoms. The van der Waals surface area contributed by atoms with Gasteiger partial charge in [0, 0.05) is 23.9 Å². The van der Waals surface area contributed by atoms with E-state index in [9.17, 15) is 49.0 Å². The molecule has 0 heterocycles. The molecule has 0 amide bonds. The molecule has 0 saturated heterocycles. The van der Waals surface area contributed by atoms with Gasteiger partial charge < -0.3 is 24.2 Å². The maximum Gasteiger partial charge on any atom is 0.573 e. The van der Waals surface area contributed by atoms with Gasteiger partial charge >= 0.3 is 25.1 Å². The van der Waals surface area contributed by atoms with Gasteiger partial charge in [0.25, 0.3) is 0 Å². The van der Waals surface area contributed by atoms with Crippen molar-refractivity contribution in [2.75, 3.05) is 11.4 Å². The second-order valence-electron chi connectivity index (χ2n) is 8.75. The van der Waals surface area contributed by atoms with Gasteiger partial charge in [-0.25, -0.2) is 8.78 Å². The summed E-state index contributed by atoms with van der Waals surface area (Å²) in [6.07, 6.45) is -23.1. The average Bonchev–Trinajstić information content (AvgIpc) is 2.81. The second-order valence-corrected chi connectivity index (χ2v) is 8.75. The molecule has 1 aliphatic rings. The number of nitrogens with zero attached hydrogens (tertiary/aromatic N) is 1. The fourth-order valence-electron chi connectivity index (χ4n) is 4.14. The standard InChI is InChI=1S/C24H23F10NO4/c25-21(26)23(30,31)38-18-8-2-5-15(11-18)35(13-20(36)22(27,28)29)14-4-1-6-16(10-14)37-17-7-3-9-19(12-17)39-24(32,33)34/h1,3-4,6-7,9-10,12,15,18,20-21,36H,2,5,8,11,13H2. The lowest BCUT2D eigenvalue weighted by Gasteiger charge is -2.40. The van der Waals surface area contributed by atoms with Crippen LogP contribution in [0.25, 0.3) is 0 Å². The summed E-state index contributed by atoms with van der Waals surface area (Å²) in [5, 5.41) is 9.75. The van der Waals surface area contributed by atoms with Crippen LogP contribution in [-0.4, -0.2) is 55.0 Å². The zero-order valence-corrected chi connectivity index (χ0v) is 19.9. The molecule has 1 N–H and O–H groups in total. The highest BCUT2D eigenvalue weighted by Crippen LogP contribution is 2.37. The number of alkyl halides is 10. The van der Waals surface area contributed by atoms with Crippen molar-refractivity contribution in [2.45, 2.75) is 69.0 Å². The minimum absolute atomic E-state index is 0.0176. The zero-order valence-electron chi connectivity index (χ0n) is 19.9. The van der Waals surface area contributed by atoms with E-state index in [0.717, 1.165) is 17.0 Å². The largest absolute Gasteiger partial charge is 0.573 e. The highest BCUT2D eigenvalue weighted by atomic mass is 19.4. The van der Waals surface area contributed by atoms with Gasteiger partial charge in [-0.1, -0.05) is 12.1 Å². The minimum atomic E-state index is -5.03.